The van der Waals surface area contributed by atoms with Crippen LogP contribution >= 0.6 is 0 Å². The van der Waals surface area contributed by atoms with Crippen LogP contribution in [0.3, 0.4) is 0 Å². The van der Waals surface area contributed by atoms with E-state index in [1.165, 1.54) is 154 Å². The molecule has 15 nitrogen and oxygen atoms in total. The van der Waals surface area contributed by atoms with Crippen LogP contribution in [0.2, 0.25) is 0 Å². The van der Waals surface area contributed by atoms with E-state index in [1.54, 1.807) is 0 Å². The van der Waals surface area contributed by atoms with Gasteiger partial charge in [0, 0.05) is 12.8 Å². The molecular formula is C55H102O15. The molecule has 15 heteroatoms. The molecule has 0 aromatic heterocycles. The van der Waals surface area contributed by atoms with Gasteiger partial charge in [-0.15, -0.1) is 6.58 Å². The second-order valence-electron chi connectivity index (χ2n) is 20.2. The highest BCUT2D eigenvalue weighted by atomic mass is 16.7. The number of hydrogen-bond donors (Lipinski definition) is 7. The highest BCUT2D eigenvalue weighted by molar-refractivity contribution is 5.70. The van der Waals surface area contributed by atoms with Crippen LogP contribution in [0.1, 0.15) is 232 Å². The highest BCUT2D eigenvalue weighted by Crippen LogP contribution is 2.27. The lowest BCUT2D eigenvalue weighted by molar-refractivity contribution is -0.332. The lowest BCUT2D eigenvalue weighted by Gasteiger charge is -2.42. The van der Waals surface area contributed by atoms with Crippen molar-refractivity contribution in [3.8, 4) is 0 Å². The molecule has 2 rings (SSSR count). The molecule has 0 radical (unpaired) electrons. The van der Waals surface area contributed by atoms with Gasteiger partial charge in [0.05, 0.1) is 19.8 Å². The van der Waals surface area contributed by atoms with E-state index < -0.39 is 92.7 Å². The zero-order valence-corrected chi connectivity index (χ0v) is 43.6. The largest absolute Gasteiger partial charge is 0.462 e. The van der Waals surface area contributed by atoms with Crippen molar-refractivity contribution < 1.29 is 73.8 Å². The Bertz CT molecular complexity index is 1260. The van der Waals surface area contributed by atoms with E-state index in [2.05, 4.69) is 13.5 Å². The van der Waals surface area contributed by atoms with Gasteiger partial charge in [0.25, 0.3) is 0 Å². The highest BCUT2D eigenvalue weighted by Gasteiger charge is 2.47. The number of allylic oxidation sites excluding steroid dienone is 1. The van der Waals surface area contributed by atoms with Crippen LogP contribution in [0.15, 0.2) is 12.7 Å². The zero-order chi connectivity index (χ0) is 51.0. The second kappa shape index (κ2) is 42.6. The maximum Gasteiger partial charge on any atom is 0.306 e. The molecule has 0 bridgehead atoms. The van der Waals surface area contributed by atoms with Gasteiger partial charge in [0.2, 0.25) is 0 Å². The number of unbranched alkanes of at least 4 members (excludes halogenated alkanes) is 31. The average Bonchev–Trinajstić information content (AvgIpc) is 3.35. The third-order valence-corrected chi connectivity index (χ3v) is 13.9. The Morgan fingerprint density at radius 3 is 1.27 bits per heavy atom. The molecule has 2 saturated heterocycles. The average molecular weight is 1000 g/mol. The minimum Gasteiger partial charge on any atom is -0.462 e. The molecule has 0 aliphatic carbocycles. The summed E-state index contributed by atoms with van der Waals surface area (Å²) in [7, 11) is 0. The van der Waals surface area contributed by atoms with Crippen molar-refractivity contribution in [1.29, 1.82) is 0 Å². The molecule has 7 N–H and O–H groups in total. The summed E-state index contributed by atoms with van der Waals surface area (Å²) < 4.78 is 33.7. The van der Waals surface area contributed by atoms with Gasteiger partial charge >= 0.3 is 11.9 Å². The van der Waals surface area contributed by atoms with E-state index in [9.17, 15) is 45.3 Å². The first-order valence-corrected chi connectivity index (χ1v) is 28.2. The Morgan fingerprint density at radius 2 is 0.843 bits per heavy atom. The molecule has 11 atom stereocenters. The van der Waals surface area contributed by atoms with Gasteiger partial charge in [-0.05, 0) is 25.7 Å². The summed E-state index contributed by atoms with van der Waals surface area (Å²) in [6, 6.07) is 0. The number of aliphatic hydroxyl groups excluding tert-OH is 7. The van der Waals surface area contributed by atoms with Crippen LogP contribution in [-0.2, 0) is 38.0 Å². The maximum absolute atomic E-state index is 13.0. The van der Waals surface area contributed by atoms with E-state index in [-0.39, 0.29) is 26.1 Å². The molecule has 2 aliphatic rings. The maximum atomic E-state index is 13.0. The van der Waals surface area contributed by atoms with Gasteiger partial charge in [-0.25, -0.2) is 0 Å². The first kappa shape index (κ1) is 64.4. The van der Waals surface area contributed by atoms with Crippen LogP contribution in [-0.4, -0.2) is 142 Å². The Hall–Kier alpha value is -1.76. The van der Waals surface area contributed by atoms with Gasteiger partial charge in [0.1, 0.15) is 55.4 Å². The van der Waals surface area contributed by atoms with Crippen LogP contribution in [0.25, 0.3) is 0 Å². The molecule has 0 spiro atoms. The molecule has 4 unspecified atom stereocenters. The fraction of sp³-hybridized carbons (Fsp3) is 0.927. The van der Waals surface area contributed by atoms with E-state index in [0.29, 0.717) is 12.8 Å². The molecule has 0 aromatic carbocycles. The van der Waals surface area contributed by atoms with E-state index in [4.69, 9.17) is 28.4 Å². The summed E-state index contributed by atoms with van der Waals surface area (Å²) in [5.74, 6) is -0.913. The minimum absolute atomic E-state index is 0.168. The van der Waals surface area contributed by atoms with Crippen molar-refractivity contribution in [2.75, 3.05) is 26.4 Å². The molecule has 412 valence electrons. The first-order valence-electron chi connectivity index (χ1n) is 28.2. The number of hydrogen-bond acceptors (Lipinski definition) is 15. The quantitative estimate of drug-likeness (QED) is 0.0171. The number of carbonyl (C=O) groups excluding carboxylic acids is 2. The number of rotatable bonds is 46. The number of esters is 2. The van der Waals surface area contributed by atoms with Crippen LogP contribution in [0.4, 0.5) is 0 Å². The topological polar surface area (TPSA) is 231 Å². The number of carbonyl (C=O) groups is 2. The summed E-state index contributed by atoms with van der Waals surface area (Å²) in [4.78, 5) is 25.8. The summed E-state index contributed by atoms with van der Waals surface area (Å²) >= 11 is 0. The van der Waals surface area contributed by atoms with Crippen LogP contribution in [0, 0.1) is 0 Å². The van der Waals surface area contributed by atoms with Gasteiger partial charge in [0.15, 0.2) is 18.7 Å². The van der Waals surface area contributed by atoms with Crippen molar-refractivity contribution in [2.45, 2.75) is 299 Å². The molecule has 2 fully saturated rings. The molecule has 2 heterocycles. The predicted molar refractivity (Wildman–Crippen MR) is 271 cm³/mol. The number of ether oxygens (including phenoxy) is 6. The Kier molecular flexibility index (Phi) is 39.1. The monoisotopic (exact) mass is 1000 g/mol. The summed E-state index contributed by atoms with van der Waals surface area (Å²) in [5.41, 5.74) is 0. The SMILES string of the molecule is C=CCCCCCCCCCCCCCCCC(=O)O[C@@H](COC(=O)CCCCCCCCCCCCCCCCCCCCC)CO[C@@H]1O[C@H](CO[C@@H]2O[C@H](CO)[C@H](O)C(O)C2O)[C@H](O)C(O)C1O. The molecule has 2 aliphatic heterocycles. The predicted octanol–water partition coefficient (Wildman–Crippen LogP) is 8.94. The van der Waals surface area contributed by atoms with Crippen molar-refractivity contribution in [3.63, 3.8) is 0 Å². The third kappa shape index (κ3) is 29.8. The molecule has 70 heavy (non-hydrogen) atoms. The fourth-order valence-corrected chi connectivity index (χ4v) is 9.26. The first-order chi connectivity index (χ1) is 34.0. The molecule has 0 amide bonds. The standard InChI is InChI=1S/C55H102O15/c1-3-5-7-9-11-13-15-17-19-20-21-22-24-25-27-29-31-33-35-37-46(57)65-40-43(68-47(58)38-36-34-32-30-28-26-23-18-16-14-12-10-8-6-4-2)41-66-54-53(64)51(62)49(60)45(70-54)42-67-55-52(63)50(61)48(59)44(39-56)69-55/h4,43-45,48-56,59-64H,2-3,5-42H2,1H3/t43-,44+,45+,48-,49-,50?,51?,52?,53?,54+,55+/m0/s1. The van der Waals surface area contributed by atoms with E-state index >= 15 is 0 Å². The smallest absolute Gasteiger partial charge is 0.306 e. The van der Waals surface area contributed by atoms with Crippen LogP contribution < -0.4 is 0 Å². The lowest BCUT2D eigenvalue weighted by atomic mass is 9.98. The fourth-order valence-electron chi connectivity index (χ4n) is 9.26. The normalized spacial score (nSPS) is 25.2. The van der Waals surface area contributed by atoms with Gasteiger partial charge in [-0.1, -0.05) is 199 Å². The van der Waals surface area contributed by atoms with Crippen molar-refractivity contribution >= 4 is 11.9 Å². The summed E-state index contributed by atoms with van der Waals surface area (Å²) in [5, 5.41) is 72.2. The summed E-state index contributed by atoms with van der Waals surface area (Å²) in [6.45, 7) is 4.17. The summed E-state index contributed by atoms with van der Waals surface area (Å²) in [6.07, 6.45) is 25.5. The molecule has 0 saturated carbocycles. The van der Waals surface area contributed by atoms with Gasteiger partial charge in [-0.3, -0.25) is 9.59 Å². The van der Waals surface area contributed by atoms with Crippen molar-refractivity contribution in [2.24, 2.45) is 0 Å². The van der Waals surface area contributed by atoms with Gasteiger partial charge in [-0.2, -0.15) is 0 Å². The van der Waals surface area contributed by atoms with Crippen molar-refractivity contribution in [3.05, 3.63) is 12.7 Å². The zero-order valence-electron chi connectivity index (χ0n) is 43.6. The third-order valence-electron chi connectivity index (χ3n) is 13.9. The second-order valence-corrected chi connectivity index (χ2v) is 20.2. The van der Waals surface area contributed by atoms with Gasteiger partial charge < -0.3 is 64.2 Å². The van der Waals surface area contributed by atoms with Crippen LogP contribution in [0.5, 0.6) is 0 Å². The molecular weight excluding hydrogens is 901 g/mol. The lowest BCUT2D eigenvalue weighted by Crippen LogP contribution is -2.61. The Labute approximate surface area is 422 Å². The van der Waals surface area contributed by atoms with E-state index in [0.717, 1.165) is 44.9 Å². The van der Waals surface area contributed by atoms with Crippen molar-refractivity contribution in [1.82, 2.24) is 0 Å². The minimum atomic E-state index is -1.76. The van der Waals surface area contributed by atoms with E-state index in [1.807, 2.05) is 6.08 Å². The Balaban J connectivity index is 1.75. The number of aliphatic hydroxyl groups is 7. The Morgan fingerprint density at radius 1 is 0.471 bits per heavy atom. The molecule has 0 aromatic rings.